The molecule has 0 saturated heterocycles. The first kappa shape index (κ1) is 12.7. The highest BCUT2D eigenvalue weighted by Crippen LogP contribution is 2.18. The summed E-state index contributed by atoms with van der Waals surface area (Å²) in [5.41, 5.74) is 0.560. The molecule has 0 spiro atoms. The first-order chi connectivity index (χ1) is 7.74. The van der Waals surface area contributed by atoms with Crippen LogP contribution >= 0.6 is 0 Å². The summed E-state index contributed by atoms with van der Waals surface area (Å²) in [5, 5.41) is 7.16. The van der Waals surface area contributed by atoms with E-state index in [4.69, 9.17) is 4.74 Å². The van der Waals surface area contributed by atoms with Crippen molar-refractivity contribution in [2.45, 2.75) is 26.8 Å². The zero-order valence-electron chi connectivity index (χ0n) is 10.1. The van der Waals surface area contributed by atoms with E-state index in [0.717, 1.165) is 19.5 Å². The number of likely N-dealkylation sites (N-methyl/N-ethyl adjacent to an activating group) is 1. The highest BCUT2D eigenvalue weighted by Gasteiger charge is 2.18. The van der Waals surface area contributed by atoms with Crippen LogP contribution in [0.15, 0.2) is 6.20 Å². The summed E-state index contributed by atoms with van der Waals surface area (Å²) in [6.45, 7) is 5.84. The third-order valence-electron chi connectivity index (χ3n) is 2.26. The van der Waals surface area contributed by atoms with E-state index in [9.17, 15) is 4.79 Å². The van der Waals surface area contributed by atoms with E-state index < -0.39 is 0 Å². The molecule has 0 aliphatic carbocycles. The molecular formula is C11H19N3O2. The molecule has 0 unspecified atom stereocenters. The van der Waals surface area contributed by atoms with Crippen LogP contribution in [0.2, 0.25) is 0 Å². The standard InChI is InChI=1S/C11H19N3O2/c1-4-6-14-11(9(15)7-12-5-2)10(16-3)8-13-14/h8,12H,4-7H2,1-3H3. The van der Waals surface area contributed by atoms with Gasteiger partial charge in [-0.25, -0.2) is 0 Å². The predicted molar refractivity (Wildman–Crippen MR) is 61.9 cm³/mol. The molecule has 0 fully saturated rings. The molecule has 5 heteroatoms. The second-order valence-electron chi connectivity index (χ2n) is 3.49. The Labute approximate surface area is 95.8 Å². The first-order valence-corrected chi connectivity index (χ1v) is 5.58. The quantitative estimate of drug-likeness (QED) is 0.706. The molecule has 0 bridgehead atoms. The SMILES string of the molecule is CCCn1ncc(OC)c1C(=O)CNCC. The van der Waals surface area contributed by atoms with Crippen LogP contribution < -0.4 is 10.1 Å². The van der Waals surface area contributed by atoms with Crippen LogP contribution in [0.3, 0.4) is 0 Å². The van der Waals surface area contributed by atoms with Crippen LogP contribution in [-0.4, -0.2) is 35.8 Å². The lowest BCUT2D eigenvalue weighted by molar-refractivity contribution is 0.0978. The van der Waals surface area contributed by atoms with Crippen molar-refractivity contribution >= 4 is 5.78 Å². The fourth-order valence-corrected chi connectivity index (χ4v) is 1.50. The van der Waals surface area contributed by atoms with Crippen molar-refractivity contribution < 1.29 is 9.53 Å². The number of aromatic nitrogens is 2. The third-order valence-corrected chi connectivity index (χ3v) is 2.26. The molecule has 16 heavy (non-hydrogen) atoms. The number of Topliss-reactive ketones (excluding diaryl/α,β-unsaturated/α-hetero) is 1. The van der Waals surface area contributed by atoms with Gasteiger partial charge in [0.05, 0.1) is 19.9 Å². The molecule has 1 rings (SSSR count). The Morgan fingerprint density at radius 1 is 1.56 bits per heavy atom. The lowest BCUT2D eigenvalue weighted by Crippen LogP contribution is -2.25. The lowest BCUT2D eigenvalue weighted by Gasteiger charge is -2.07. The van der Waals surface area contributed by atoms with E-state index in [0.29, 0.717) is 18.0 Å². The molecule has 0 radical (unpaired) electrons. The Bertz CT molecular complexity index is 347. The molecule has 0 aliphatic heterocycles. The van der Waals surface area contributed by atoms with Gasteiger partial charge in [-0.05, 0) is 13.0 Å². The van der Waals surface area contributed by atoms with E-state index in [2.05, 4.69) is 10.4 Å². The van der Waals surface area contributed by atoms with Crippen molar-refractivity contribution in [2.75, 3.05) is 20.2 Å². The number of hydrogen-bond donors (Lipinski definition) is 1. The molecule has 0 aromatic carbocycles. The fourth-order valence-electron chi connectivity index (χ4n) is 1.50. The Morgan fingerprint density at radius 3 is 2.88 bits per heavy atom. The largest absolute Gasteiger partial charge is 0.493 e. The van der Waals surface area contributed by atoms with Crippen LogP contribution in [-0.2, 0) is 6.54 Å². The van der Waals surface area contributed by atoms with Gasteiger partial charge in [-0.15, -0.1) is 0 Å². The maximum atomic E-state index is 11.9. The number of carbonyl (C=O) groups excluding carboxylic acids is 1. The van der Waals surface area contributed by atoms with Crippen LogP contribution in [0, 0.1) is 0 Å². The number of nitrogens with one attached hydrogen (secondary N) is 1. The summed E-state index contributed by atoms with van der Waals surface area (Å²) in [6.07, 6.45) is 2.53. The summed E-state index contributed by atoms with van der Waals surface area (Å²) in [5.74, 6) is 0.570. The summed E-state index contributed by atoms with van der Waals surface area (Å²) < 4.78 is 6.85. The highest BCUT2D eigenvalue weighted by atomic mass is 16.5. The summed E-state index contributed by atoms with van der Waals surface area (Å²) in [7, 11) is 1.55. The zero-order chi connectivity index (χ0) is 12.0. The Balaban J connectivity index is 2.88. The van der Waals surface area contributed by atoms with E-state index in [1.54, 1.807) is 18.0 Å². The lowest BCUT2D eigenvalue weighted by atomic mass is 10.2. The van der Waals surface area contributed by atoms with Gasteiger partial charge < -0.3 is 10.1 Å². The molecule has 1 aromatic heterocycles. The number of hydrogen-bond acceptors (Lipinski definition) is 4. The Kier molecular flexibility index (Phi) is 4.98. The smallest absolute Gasteiger partial charge is 0.198 e. The minimum absolute atomic E-state index is 0.0182. The van der Waals surface area contributed by atoms with Crippen molar-refractivity contribution in [1.82, 2.24) is 15.1 Å². The van der Waals surface area contributed by atoms with Gasteiger partial charge in [0.15, 0.2) is 11.5 Å². The van der Waals surface area contributed by atoms with Gasteiger partial charge in [-0.2, -0.15) is 5.10 Å². The van der Waals surface area contributed by atoms with Crippen LogP contribution in [0.5, 0.6) is 5.75 Å². The number of carbonyl (C=O) groups is 1. The van der Waals surface area contributed by atoms with Gasteiger partial charge in [0.2, 0.25) is 0 Å². The predicted octanol–water partition coefficient (Wildman–Crippen LogP) is 1.09. The van der Waals surface area contributed by atoms with E-state index in [1.807, 2.05) is 13.8 Å². The maximum Gasteiger partial charge on any atom is 0.198 e. The molecule has 1 heterocycles. The summed E-state index contributed by atoms with van der Waals surface area (Å²) in [4.78, 5) is 11.9. The van der Waals surface area contributed by atoms with Crippen molar-refractivity contribution in [2.24, 2.45) is 0 Å². The molecule has 5 nitrogen and oxygen atoms in total. The van der Waals surface area contributed by atoms with Crippen LogP contribution in [0.25, 0.3) is 0 Å². The summed E-state index contributed by atoms with van der Waals surface area (Å²) in [6, 6.07) is 0. The van der Waals surface area contributed by atoms with Gasteiger partial charge >= 0.3 is 0 Å². The Morgan fingerprint density at radius 2 is 2.31 bits per heavy atom. The number of aryl methyl sites for hydroxylation is 1. The van der Waals surface area contributed by atoms with E-state index in [-0.39, 0.29) is 5.78 Å². The van der Waals surface area contributed by atoms with Crippen LogP contribution in [0.1, 0.15) is 30.8 Å². The van der Waals surface area contributed by atoms with E-state index in [1.165, 1.54) is 0 Å². The average molecular weight is 225 g/mol. The van der Waals surface area contributed by atoms with Crippen molar-refractivity contribution in [1.29, 1.82) is 0 Å². The van der Waals surface area contributed by atoms with Crippen molar-refractivity contribution in [3.63, 3.8) is 0 Å². The van der Waals surface area contributed by atoms with Gasteiger partial charge in [0, 0.05) is 6.54 Å². The van der Waals surface area contributed by atoms with Crippen molar-refractivity contribution in [3.8, 4) is 5.75 Å². The number of ether oxygens (including phenoxy) is 1. The zero-order valence-corrected chi connectivity index (χ0v) is 10.1. The van der Waals surface area contributed by atoms with E-state index >= 15 is 0 Å². The minimum atomic E-state index is 0.0182. The topological polar surface area (TPSA) is 56.2 Å². The molecule has 0 saturated carbocycles. The second-order valence-corrected chi connectivity index (χ2v) is 3.49. The molecular weight excluding hydrogens is 206 g/mol. The summed E-state index contributed by atoms with van der Waals surface area (Å²) >= 11 is 0. The molecule has 0 atom stereocenters. The van der Waals surface area contributed by atoms with Gasteiger partial charge in [-0.3, -0.25) is 9.48 Å². The van der Waals surface area contributed by atoms with Gasteiger partial charge in [0.1, 0.15) is 5.69 Å². The number of rotatable bonds is 7. The normalized spacial score (nSPS) is 10.4. The minimum Gasteiger partial charge on any atom is -0.493 e. The third kappa shape index (κ3) is 2.82. The average Bonchev–Trinajstić information content (AvgIpc) is 2.69. The molecule has 1 N–H and O–H groups in total. The molecule has 1 aromatic rings. The Hall–Kier alpha value is -1.36. The molecule has 0 amide bonds. The maximum absolute atomic E-state index is 11.9. The van der Waals surface area contributed by atoms with Gasteiger partial charge in [-0.1, -0.05) is 13.8 Å². The van der Waals surface area contributed by atoms with Crippen LogP contribution in [0.4, 0.5) is 0 Å². The van der Waals surface area contributed by atoms with Crippen molar-refractivity contribution in [3.05, 3.63) is 11.9 Å². The molecule has 0 aliphatic rings. The number of nitrogens with zero attached hydrogens (tertiary/aromatic N) is 2. The molecule has 90 valence electrons. The second kappa shape index (κ2) is 6.27. The monoisotopic (exact) mass is 225 g/mol. The van der Waals surface area contributed by atoms with Gasteiger partial charge in [0.25, 0.3) is 0 Å². The number of methoxy groups -OCH3 is 1. The highest BCUT2D eigenvalue weighted by molar-refractivity contribution is 5.98. The first-order valence-electron chi connectivity index (χ1n) is 5.58. The number of ketones is 1. The fraction of sp³-hybridized carbons (Fsp3) is 0.636.